The summed E-state index contributed by atoms with van der Waals surface area (Å²) in [6.45, 7) is 1.71. The van der Waals surface area contributed by atoms with Crippen LogP contribution in [0.3, 0.4) is 0 Å². The van der Waals surface area contributed by atoms with Gasteiger partial charge in [-0.3, -0.25) is 0 Å². The first kappa shape index (κ1) is 10.5. The molecular formula is C5H15N7. The summed E-state index contributed by atoms with van der Waals surface area (Å²) in [5.41, 5.74) is 25.9. The molecule has 0 amide bonds. The van der Waals surface area contributed by atoms with Gasteiger partial charge in [0.1, 0.15) is 6.17 Å². The molecule has 0 rings (SSSR count). The van der Waals surface area contributed by atoms with Gasteiger partial charge in [-0.1, -0.05) is 0 Å². The molecule has 2 atom stereocenters. The van der Waals surface area contributed by atoms with Gasteiger partial charge in [-0.25, -0.2) is 9.98 Å². The third-order valence-corrected chi connectivity index (χ3v) is 1.15. The summed E-state index contributed by atoms with van der Waals surface area (Å²) in [4.78, 5) is 7.42. The van der Waals surface area contributed by atoms with Gasteiger partial charge in [0.25, 0.3) is 0 Å². The van der Waals surface area contributed by atoms with Crippen molar-refractivity contribution in [2.45, 2.75) is 19.1 Å². The van der Waals surface area contributed by atoms with Crippen LogP contribution in [0, 0.1) is 0 Å². The highest BCUT2D eigenvalue weighted by Gasteiger charge is 2.09. The topological polar surface area (TPSA) is 155 Å². The van der Waals surface area contributed by atoms with Gasteiger partial charge in [0.15, 0.2) is 11.9 Å². The molecule has 7 heteroatoms. The van der Waals surface area contributed by atoms with Crippen LogP contribution in [0.1, 0.15) is 6.92 Å². The van der Waals surface area contributed by atoms with E-state index in [9.17, 15) is 0 Å². The van der Waals surface area contributed by atoms with Crippen molar-refractivity contribution in [2.75, 3.05) is 0 Å². The van der Waals surface area contributed by atoms with E-state index in [0.717, 1.165) is 0 Å². The number of rotatable bonds is 3. The SMILES string of the molecule is CC(N=C(N)N)C(N)N=C(N)N. The number of hydrogen-bond acceptors (Lipinski definition) is 3. The average molecular weight is 173 g/mol. The highest BCUT2D eigenvalue weighted by molar-refractivity contribution is 5.76. The molecule has 0 aliphatic heterocycles. The van der Waals surface area contributed by atoms with Crippen LogP contribution in [-0.2, 0) is 0 Å². The summed E-state index contributed by atoms with van der Waals surface area (Å²) in [6, 6.07) is -0.336. The summed E-state index contributed by atoms with van der Waals surface area (Å²) in [5.74, 6) is -0.121. The van der Waals surface area contributed by atoms with Crippen LogP contribution < -0.4 is 28.7 Å². The minimum Gasteiger partial charge on any atom is -0.370 e. The van der Waals surface area contributed by atoms with Crippen molar-refractivity contribution in [1.82, 2.24) is 0 Å². The van der Waals surface area contributed by atoms with Crippen LogP contribution in [0.15, 0.2) is 9.98 Å². The summed E-state index contributed by atoms with van der Waals surface area (Å²) in [6.07, 6.45) is -0.614. The Kier molecular flexibility index (Phi) is 3.84. The lowest BCUT2D eigenvalue weighted by molar-refractivity contribution is 0.583. The zero-order chi connectivity index (χ0) is 9.72. The lowest BCUT2D eigenvalue weighted by Crippen LogP contribution is -2.37. The molecule has 0 saturated carbocycles. The van der Waals surface area contributed by atoms with E-state index in [2.05, 4.69) is 9.98 Å². The minimum absolute atomic E-state index is 0.0382. The Morgan fingerprint density at radius 3 is 1.75 bits per heavy atom. The molecule has 7 nitrogen and oxygen atoms in total. The molecule has 0 aromatic rings. The number of hydrogen-bond donors (Lipinski definition) is 5. The molecule has 70 valence electrons. The van der Waals surface area contributed by atoms with Crippen LogP contribution in [0.5, 0.6) is 0 Å². The number of aliphatic imine (C=N–C) groups is 2. The Labute approximate surface area is 70.7 Å². The van der Waals surface area contributed by atoms with E-state index >= 15 is 0 Å². The second-order valence-corrected chi connectivity index (χ2v) is 2.34. The molecule has 12 heavy (non-hydrogen) atoms. The molecule has 0 aliphatic carbocycles. The largest absolute Gasteiger partial charge is 0.370 e. The van der Waals surface area contributed by atoms with Gasteiger partial charge >= 0.3 is 0 Å². The quantitative estimate of drug-likeness (QED) is 0.230. The molecule has 0 fully saturated rings. The van der Waals surface area contributed by atoms with Crippen molar-refractivity contribution in [3.63, 3.8) is 0 Å². The fourth-order valence-corrected chi connectivity index (χ4v) is 0.592. The molecular weight excluding hydrogens is 158 g/mol. The molecule has 0 heterocycles. The average Bonchev–Trinajstić information content (AvgIpc) is 1.84. The Hall–Kier alpha value is -1.50. The molecule has 10 N–H and O–H groups in total. The molecule has 0 saturated heterocycles. The Morgan fingerprint density at radius 1 is 1.00 bits per heavy atom. The molecule has 0 aromatic carbocycles. The highest BCUT2D eigenvalue weighted by atomic mass is 15.1. The van der Waals surface area contributed by atoms with Crippen molar-refractivity contribution >= 4 is 11.9 Å². The standard InChI is InChI=1S/C5H15N7/c1-2(11-4(7)8)3(6)12-5(9)10/h2-3H,6H2,1H3,(H4,7,8,11)(H4,9,10,12). The van der Waals surface area contributed by atoms with Crippen molar-refractivity contribution in [1.29, 1.82) is 0 Å². The first-order valence-corrected chi connectivity index (χ1v) is 3.36. The molecule has 0 radical (unpaired) electrons. The van der Waals surface area contributed by atoms with E-state index in [1.807, 2.05) is 0 Å². The zero-order valence-electron chi connectivity index (χ0n) is 6.94. The van der Waals surface area contributed by atoms with Crippen molar-refractivity contribution in [3.8, 4) is 0 Å². The van der Waals surface area contributed by atoms with Gasteiger partial charge in [0, 0.05) is 0 Å². The second-order valence-electron chi connectivity index (χ2n) is 2.34. The third kappa shape index (κ3) is 4.34. The van der Waals surface area contributed by atoms with E-state index < -0.39 is 6.17 Å². The van der Waals surface area contributed by atoms with E-state index in [-0.39, 0.29) is 18.0 Å². The minimum atomic E-state index is -0.614. The van der Waals surface area contributed by atoms with Gasteiger partial charge in [-0.15, -0.1) is 0 Å². The van der Waals surface area contributed by atoms with Gasteiger partial charge in [0.2, 0.25) is 0 Å². The van der Waals surface area contributed by atoms with Gasteiger partial charge < -0.3 is 28.7 Å². The maximum absolute atomic E-state index is 5.50. The Bertz CT molecular complexity index is 166. The fourth-order valence-electron chi connectivity index (χ4n) is 0.592. The maximum Gasteiger partial charge on any atom is 0.187 e. The maximum atomic E-state index is 5.50. The van der Waals surface area contributed by atoms with Crippen LogP contribution >= 0.6 is 0 Å². The lowest BCUT2D eigenvalue weighted by atomic mass is 10.3. The Balaban J connectivity index is 4.20. The van der Waals surface area contributed by atoms with Crippen molar-refractivity contribution in [3.05, 3.63) is 0 Å². The first-order valence-electron chi connectivity index (χ1n) is 3.36. The number of guanidine groups is 2. The van der Waals surface area contributed by atoms with Gasteiger partial charge in [-0.05, 0) is 6.92 Å². The van der Waals surface area contributed by atoms with E-state index in [4.69, 9.17) is 28.7 Å². The predicted octanol–water partition coefficient (Wildman–Crippen LogP) is -2.79. The molecule has 0 bridgehead atoms. The van der Waals surface area contributed by atoms with E-state index in [0.29, 0.717) is 0 Å². The van der Waals surface area contributed by atoms with Gasteiger partial charge in [-0.2, -0.15) is 0 Å². The van der Waals surface area contributed by atoms with Crippen LogP contribution in [0.4, 0.5) is 0 Å². The van der Waals surface area contributed by atoms with E-state index in [1.165, 1.54) is 0 Å². The van der Waals surface area contributed by atoms with Gasteiger partial charge in [0.05, 0.1) is 6.04 Å². The van der Waals surface area contributed by atoms with Crippen LogP contribution in [0.25, 0.3) is 0 Å². The molecule has 0 aliphatic rings. The summed E-state index contributed by atoms with van der Waals surface area (Å²) < 4.78 is 0. The predicted molar refractivity (Wildman–Crippen MR) is 49.1 cm³/mol. The molecule has 0 aromatic heterocycles. The first-order chi connectivity index (χ1) is 5.43. The lowest BCUT2D eigenvalue weighted by Gasteiger charge is -2.11. The number of nitrogens with two attached hydrogens (primary N) is 5. The fraction of sp³-hybridized carbons (Fsp3) is 0.600. The molecule has 2 unspecified atom stereocenters. The van der Waals surface area contributed by atoms with Crippen molar-refractivity contribution in [2.24, 2.45) is 38.7 Å². The van der Waals surface area contributed by atoms with Crippen LogP contribution in [0.2, 0.25) is 0 Å². The second kappa shape index (κ2) is 4.39. The summed E-state index contributed by atoms with van der Waals surface area (Å²) in [5, 5.41) is 0. The third-order valence-electron chi connectivity index (χ3n) is 1.15. The van der Waals surface area contributed by atoms with Crippen LogP contribution in [-0.4, -0.2) is 24.1 Å². The normalized spacial score (nSPS) is 14.5. The Morgan fingerprint density at radius 2 is 1.42 bits per heavy atom. The molecule has 0 spiro atoms. The number of nitrogens with zero attached hydrogens (tertiary/aromatic N) is 2. The van der Waals surface area contributed by atoms with E-state index in [1.54, 1.807) is 6.92 Å². The highest BCUT2D eigenvalue weighted by Crippen LogP contribution is 1.95. The monoisotopic (exact) mass is 173 g/mol. The summed E-state index contributed by atoms with van der Waals surface area (Å²) in [7, 11) is 0. The summed E-state index contributed by atoms with van der Waals surface area (Å²) >= 11 is 0. The zero-order valence-corrected chi connectivity index (χ0v) is 6.94. The van der Waals surface area contributed by atoms with Crippen molar-refractivity contribution < 1.29 is 0 Å². The smallest absolute Gasteiger partial charge is 0.187 e.